The second-order valence-electron chi connectivity index (χ2n) is 12.4. The zero-order valence-corrected chi connectivity index (χ0v) is 30.2. The van der Waals surface area contributed by atoms with Gasteiger partial charge in [0.2, 0.25) is 0 Å². The van der Waals surface area contributed by atoms with Crippen LogP contribution in [-0.2, 0) is 38.1 Å². The maximum atomic E-state index is 12.2. The van der Waals surface area contributed by atoms with Crippen LogP contribution in [0.2, 0.25) is 0 Å². The Hall–Kier alpha value is -4.48. The van der Waals surface area contributed by atoms with E-state index in [4.69, 9.17) is 0 Å². The van der Waals surface area contributed by atoms with E-state index < -0.39 is 11.9 Å². The van der Waals surface area contributed by atoms with Crippen molar-refractivity contribution in [2.24, 2.45) is 5.92 Å². The molecule has 0 spiro atoms. The van der Waals surface area contributed by atoms with Gasteiger partial charge in [-0.25, -0.2) is 0 Å². The summed E-state index contributed by atoms with van der Waals surface area (Å²) in [5, 5.41) is 21.6. The van der Waals surface area contributed by atoms with E-state index in [1.807, 2.05) is 43.6 Å². The number of hydrogen-bond donors (Lipinski definition) is 0. The number of hydrogen-bond acceptors (Lipinski definition) is 6. The van der Waals surface area contributed by atoms with Crippen LogP contribution in [0, 0.1) is 19.8 Å². The van der Waals surface area contributed by atoms with Crippen molar-refractivity contribution in [2.45, 2.75) is 66.5 Å². The second kappa shape index (κ2) is 16.6. The van der Waals surface area contributed by atoms with Crippen molar-refractivity contribution in [1.82, 2.24) is 45.5 Å². The Kier molecular flexibility index (Phi) is 13.1. The Labute approximate surface area is 292 Å². The predicted octanol–water partition coefficient (Wildman–Crippen LogP) is 7.43. The van der Waals surface area contributed by atoms with Crippen molar-refractivity contribution in [3.8, 4) is 34.2 Å². The van der Waals surface area contributed by atoms with Crippen molar-refractivity contribution in [1.29, 1.82) is 0 Å². The third-order valence-electron chi connectivity index (χ3n) is 6.70. The molecule has 6 aromatic heterocycles. The molecule has 13 heteroatoms. The van der Waals surface area contributed by atoms with E-state index in [0.717, 1.165) is 41.0 Å². The van der Waals surface area contributed by atoms with E-state index in [1.54, 1.807) is 19.2 Å². The number of halogens is 3. The molecule has 0 amide bonds. The van der Waals surface area contributed by atoms with Gasteiger partial charge in [0.15, 0.2) is 0 Å². The number of aryl methyl sites for hydroxylation is 2. The number of rotatable bonds is 5. The summed E-state index contributed by atoms with van der Waals surface area (Å²) in [6.07, 6.45) is 2.12. The summed E-state index contributed by atoms with van der Waals surface area (Å²) in [5.74, 6) is 0.652. The van der Waals surface area contributed by atoms with Crippen LogP contribution < -0.4 is 15.3 Å². The third kappa shape index (κ3) is 11.1. The molecular weight excluding hydrogens is 796 g/mol. The third-order valence-corrected chi connectivity index (χ3v) is 6.70. The minimum Gasteiger partial charge on any atom is -0.576 e. The van der Waals surface area contributed by atoms with Crippen molar-refractivity contribution >= 4 is 0 Å². The topological polar surface area (TPSA) is 120 Å². The molecule has 0 aliphatic carbocycles. The van der Waals surface area contributed by atoms with Crippen LogP contribution in [0.5, 0.6) is 0 Å². The second-order valence-corrected chi connectivity index (χ2v) is 12.4. The average Bonchev–Trinajstić information content (AvgIpc) is 3.79. The van der Waals surface area contributed by atoms with E-state index in [1.165, 1.54) is 11.1 Å². The molecule has 252 valence electrons. The fraction of sp³-hybridized carbons (Fsp3) is 0.314. The normalized spacial score (nSPS) is 11.2. The van der Waals surface area contributed by atoms with Crippen molar-refractivity contribution < 1.29 is 33.3 Å². The number of pyridine rings is 3. The standard InChI is InChI=1S/C18H24N2.C9H8N3.C8H5F3N4.Ir/c1-13(2)10-14-6-8-19-16(11-14)17-12-15(7-9-20-17)18(3,4)5;1-7-6-9(12-11-7)8-4-2-3-5-10-8;1-4-2-5(13-12-4)6-3-7(15-14-6)8(9,10)11;/h6-9,11-13H,10H2,1-5H3;2-6H,1H3;2-3H,1H3;/q;-1;-2;+3. The molecule has 48 heavy (non-hydrogen) atoms. The number of nitrogens with zero attached hydrogens (tertiary/aromatic N) is 9. The Morgan fingerprint density at radius 2 is 1.21 bits per heavy atom. The van der Waals surface area contributed by atoms with Gasteiger partial charge in [0.1, 0.15) is 5.69 Å². The van der Waals surface area contributed by atoms with E-state index in [0.29, 0.717) is 17.3 Å². The van der Waals surface area contributed by atoms with Crippen LogP contribution >= 0.6 is 0 Å². The van der Waals surface area contributed by atoms with E-state index >= 15 is 0 Å². The smallest absolute Gasteiger partial charge is 0.576 e. The summed E-state index contributed by atoms with van der Waals surface area (Å²) in [6.45, 7) is 14.7. The first-order chi connectivity index (χ1) is 22.2. The molecule has 0 N–H and O–H groups in total. The van der Waals surface area contributed by atoms with Crippen LogP contribution in [0.3, 0.4) is 0 Å². The molecule has 0 bridgehead atoms. The Morgan fingerprint density at radius 3 is 1.73 bits per heavy atom. The first-order valence-electron chi connectivity index (χ1n) is 15.0. The van der Waals surface area contributed by atoms with Gasteiger partial charge in [0.25, 0.3) is 0 Å². The minimum atomic E-state index is -4.47. The molecule has 0 saturated heterocycles. The van der Waals surface area contributed by atoms with Crippen LogP contribution in [0.4, 0.5) is 13.2 Å². The summed E-state index contributed by atoms with van der Waals surface area (Å²) >= 11 is 0. The van der Waals surface area contributed by atoms with Gasteiger partial charge in [-0.15, -0.1) is 11.4 Å². The number of alkyl halides is 3. The van der Waals surface area contributed by atoms with Gasteiger partial charge in [-0.1, -0.05) is 58.5 Å². The fourth-order valence-electron chi connectivity index (χ4n) is 4.35. The van der Waals surface area contributed by atoms with Gasteiger partial charge in [0, 0.05) is 35.7 Å². The van der Waals surface area contributed by atoms with Gasteiger partial charge in [-0.05, 0) is 85.2 Å². The monoisotopic (exact) mass is 833 g/mol. The average molecular weight is 833 g/mol. The summed E-state index contributed by atoms with van der Waals surface area (Å²) in [7, 11) is 0. The summed E-state index contributed by atoms with van der Waals surface area (Å²) in [6, 6.07) is 18.5. The molecule has 0 unspecified atom stereocenters. The van der Waals surface area contributed by atoms with Crippen molar-refractivity contribution in [3.63, 3.8) is 0 Å². The van der Waals surface area contributed by atoms with Gasteiger partial charge >= 0.3 is 26.3 Å². The van der Waals surface area contributed by atoms with Crippen LogP contribution in [0.1, 0.15) is 62.8 Å². The van der Waals surface area contributed by atoms with E-state index in [9.17, 15) is 13.2 Å². The summed E-state index contributed by atoms with van der Waals surface area (Å²) in [5.41, 5.74) is 7.32. The SMILES string of the molecule is CC(C)Cc1ccnc(-c2cc(C(C)(C)C)ccn2)c1.Cc1cc(-c2cc(C(F)(F)F)n[n-]2)[n-]n1.Cc1cc(-c2ccccn2)[n-]n1.[Ir+3]. The van der Waals surface area contributed by atoms with E-state index in [-0.39, 0.29) is 31.2 Å². The zero-order valence-electron chi connectivity index (χ0n) is 27.8. The maximum Gasteiger partial charge on any atom is 3.00 e. The molecule has 0 fully saturated rings. The van der Waals surface area contributed by atoms with Crippen LogP contribution in [-0.4, -0.2) is 30.2 Å². The zero-order chi connectivity index (χ0) is 34.2. The first kappa shape index (κ1) is 38.0. The Morgan fingerprint density at radius 1 is 0.646 bits per heavy atom. The fourth-order valence-corrected chi connectivity index (χ4v) is 4.35. The molecule has 0 aliphatic rings. The molecule has 0 radical (unpaired) electrons. The largest absolute Gasteiger partial charge is 3.00 e. The van der Waals surface area contributed by atoms with Gasteiger partial charge < -0.3 is 30.6 Å². The quantitative estimate of drug-likeness (QED) is 0.175. The molecular formula is C35H37F3IrN9. The van der Waals surface area contributed by atoms with E-state index in [2.05, 4.69) is 104 Å². The molecule has 6 heterocycles. The van der Waals surface area contributed by atoms with Crippen LogP contribution in [0.15, 0.2) is 79.3 Å². The van der Waals surface area contributed by atoms with Gasteiger partial charge in [-0.3, -0.25) is 15.0 Å². The molecule has 9 nitrogen and oxygen atoms in total. The predicted molar refractivity (Wildman–Crippen MR) is 174 cm³/mol. The number of aromatic nitrogens is 9. The van der Waals surface area contributed by atoms with Crippen molar-refractivity contribution in [2.75, 3.05) is 0 Å². The van der Waals surface area contributed by atoms with Crippen molar-refractivity contribution in [3.05, 3.63) is 107 Å². The summed E-state index contributed by atoms with van der Waals surface area (Å²) < 4.78 is 36.6. The molecule has 6 rings (SSSR count). The van der Waals surface area contributed by atoms with Gasteiger partial charge in [-0.2, -0.15) is 13.2 Å². The molecule has 0 atom stereocenters. The molecule has 0 aromatic carbocycles. The molecule has 0 saturated carbocycles. The summed E-state index contributed by atoms with van der Waals surface area (Å²) in [4.78, 5) is 13.1. The van der Waals surface area contributed by atoms with Gasteiger partial charge in [0.05, 0.1) is 11.4 Å². The maximum absolute atomic E-state index is 12.2. The minimum absolute atomic E-state index is 0. The first-order valence-corrected chi connectivity index (χ1v) is 15.0. The Balaban J connectivity index is 0.000000199. The molecule has 0 aliphatic heterocycles. The Bertz CT molecular complexity index is 1850. The van der Waals surface area contributed by atoms with Crippen LogP contribution in [0.25, 0.3) is 34.2 Å². The molecule has 6 aromatic rings.